The van der Waals surface area contributed by atoms with Crippen molar-refractivity contribution in [3.63, 3.8) is 0 Å². The van der Waals surface area contributed by atoms with Gasteiger partial charge in [-0.05, 0) is 12.8 Å². The molecule has 0 saturated carbocycles. The van der Waals surface area contributed by atoms with Crippen molar-refractivity contribution in [2.75, 3.05) is 13.1 Å². The Labute approximate surface area is 48.5 Å². The van der Waals surface area contributed by atoms with Crippen LogP contribution in [-0.4, -0.2) is 23.9 Å². The average molecular weight is 111 g/mol. The van der Waals surface area contributed by atoms with Gasteiger partial charge in [-0.3, -0.25) is 4.79 Å². The van der Waals surface area contributed by atoms with Crippen LogP contribution in [-0.2, 0) is 4.79 Å². The molecule has 0 aromatic rings. The molecule has 2 aliphatic heterocycles. The highest BCUT2D eigenvalue weighted by molar-refractivity contribution is 5.82. The topological polar surface area (TPSA) is 20.3 Å². The Bertz CT molecular complexity index is 110. The van der Waals surface area contributed by atoms with Crippen LogP contribution in [0, 0.1) is 5.92 Å². The minimum absolute atomic E-state index is 0.407. The van der Waals surface area contributed by atoms with Crippen LogP contribution in [0.15, 0.2) is 0 Å². The number of hydrogen-bond donors (Lipinski definition) is 0. The highest BCUT2D eigenvalue weighted by Gasteiger charge is 2.37. The summed E-state index contributed by atoms with van der Waals surface area (Å²) in [5.41, 5.74) is 0. The zero-order chi connectivity index (χ0) is 5.56. The molecule has 8 heavy (non-hydrogen) atoms. The van der Waals surface area contributed by atoms with Crippen molar-refractivity contribution in [2.45, 2.75) is 12.8 Å². The minimum Gasteiger partial charge on any atom is -0.342 e. The largest absolute Gasteiger partial charge is 0.342 e. The number of fused-ring (bicyclic) bond motifs is 2. The molecule has 2 aliphatic rings. The summed E-state index contributed by atoms with van der Waals surface area (Å²) in [6, 6.07) is 0. The van der Waals surface area contributed by atoms with E-state index in [0.29, 0.717) is 11.8 Å². The second-order valence-electron chi connectivity index (χ2n) is 2.60. The van der Waals surface area contributed by atoms with Gasteiger partial charge in [-0.1, -0.05) is 0 Å². The van der Waals surface area contributed by atoms with Crippen molar-refractivity contribution in [2.24, 2.45) is 5.92 Å². The second kappa shape index (κ2) is 1.24. The standard InChI is InChI=1S/C6H9NO/c8-6-5-1-3-7(6)4-2-5/h5H,1-4H2. The smallest absolute Gasteiger partial charge is 0.225 e. The fourth-order valence-electron chi connectivity index (χ4n) is 1.61. The molecule has 2 bridgehead atoms. The van der Waals surface area contributed by atoms with Crippen LogP contribution in [0.1, 0.15) is 12.8 Å². The molecule has 2 rings (SSSR count). The Morgan fingerprint density at radius 1 is 1.38 bits per heavy atom. The van der Waals surface area contributed by atoms with E-state index < -0.39 is 0 Å². The van der Waals surface area contributed by atoms with E-state index in [-0.39, 0.29) is 0 Å². The fraction of sp³-hybridized carbons (Fsp3) is 0.833. The van der Waals surface area contributed by atoms with E-state index in [1.165, 1.54) is 0 Å². The first kappa shape index (κ1) is 4.36. The zero-order valence-corrected chi connectivity index (χ0v) is 4.76. The Balaban J connectivity index is 2.28. The van der Waals surface area contributed by atoms with Crippen LogP contribution >= 0.6 is 0 Å². The SMILES string of the molecule is O=C1C2CCN1CC2. The van der Waals surface area contributed by atoms with E-state index in [9.17, 15) is 4.79 Å². The molecular weight excluding hydrogens is 102 g/mol. The Morgan fingerprint density at radius 3 is 2.12 bits per heavy atom. The van der Waals surface area contributed by atoms with E-state index in [2.05, 4.69) is 0 Å². The maximum Gasteiger partial charge on any atom is 0.225 e. The van der Waals surface area contributed by atoms with Gasteiger partial charge in [0.1, 0.15) is 0 Å². The van der Waals surface area contributed by atoms with Crippen molar-refractivity contribution in [3.8, 4) is 0 Å². The van der Waals surface area contributed by atoms with Crippen LogP contribution in [0.3, 0.4) is 0 Å². The van der Waals surface area contributed by atoms with Gasteiger partial charge in [-0.25, -0.2) is 0 Å². The number of hydrogen-bond acceptors (Lipinski definition) is 1. The molecule has 2 saturated heterocycles. The molecule has 0 atom stereocenters. The van der Waals surface area contributed by atoms with Crippen LogP contribution in [0.2, 0.25) is 0 Å². The van der Waals surface area contributed by atoms with E-state index in [1.807, 2.05) is 4.90 Å². The molecule has 2 nitrogen and oxygen atoms in total. The molecule has 2 fully saturated rings. The molecule has 0 aromatic carbocycles. The van der Waals surface area contributed by atoms with E-state index in [0.717, 1.165) is 25.9 Å². The monoisotopic (exact) mass is 111 g/mol. The predicted molar refractivity (Wildman–Crippen MR) is 29.3 cm³/mol. The van der Waals surface area contributed by atoms with Crippen molar-refractivity contribution in [3.05, 3.63) is 0 Å². The number of carbonyl (C=O) groups excluding carboxylic acids is 1. The van der Waals surface area contributed by atoms with Gasteiger partial charge in [0.15, 0.2) is 0 Å². The van der Waals surface area contributed by atoms with Gasteiger partial charge in [0.05, 0.1) is 0 Å². The van der Waals surface area contributed by atoms with Crippen molar-refractivity contribution >= 4 is 5.91 Å². The second-order valence-corrected chi connectivity index (χ2v) is 2.60. The maximum absolute atomic E-state index is 10.9. The average Bonchev–Trinajstić information content (AvgIpc) is 2.29. The molecular formula is C6H9NO. The van der Waals surface area contributed by atoms with E-state index >= 15 is 0 Å². The van der Waals surface area contributed by atoms with Gasteiger partial charge in [0.25, 0.3) is 0 Å². The first-order chi connectivity index (χ1) is 3.88. The molecule has 0 aliphatic carbocycles. The van der Waals surface area contributed by atoms with E-state index in [1.54, 1.807) is 0 Å². The highest BCUT2D eigenvalue weighted by atomic mass is 16.2. The lowest BCUT2D eigenvalue weighted by molar-refractivity contribution is -0.127. The summed E-state index contributed by atoms with van der Waals surface area (Å²) in [4.78, 5) is 12.9. The summed E-state index contributed by atoms with van der Waals surface area (Å²) >= 11 is 0. The maximum atomic E-state index is 10.9. The number of carbonyl (C=O) groups is 1. The first-order valence-corrected chi connectivity index (χ1v) is 3.17. The van der Waals surface area contributed by atoms with Gasteiger partial charge in [0, 0.05) is 19.0 Å². The van der Waals surface area contributed by atoms with Crippen molar-refractivity contribution in [1.29, 1.82) is 0 Å². The fourth-order valence-corrected chi connectivity index (χ4v) is 1.61. The Morgan fingerprint density at radius 2 is 2.00 bits per heavy atom. The lowest BCUT2D eigenvalue weighted by Gasteiger charge is -2.09. The molecule has 2 heterocycles. The van der Waals surface area contributed by atoms with E-state index in [4.69, 9.17) is 0 Å². The molecule has 0 radical (unpaired) electrons. The lowest BCUT2D eigenvalue weighted by Crippen LogP contribution is -2.20. The van der Waals surface area contributed by atoms with Gasteiger partial charge in [-0.15, -0.1) is 0 Å². The summed E-state index contributed by atoms with van der Waals surface area (Å²) < 4.78 is 0. The van der Waals surface area contributed by atoms with Crippen LogP contribution < -0.4 is 0 Å². The molecule has 1 amide bonds. The summed E-state index contributed by atoms with van der Waals surface area (Å²) in [6.07, 6.45) is 2.25. The first-order valence-electron chi connectivity index (χ1n) is 3.17. The van der Waals surface area contributed by atoms with Crippen molar-refractivity contribution in [1.82, 2.24) is 4.90 Å². The molecule has 0 N–H and O–H groups in total. The van der Waals surface area contributed by atoms with Crippen LogP contribution in [0.5, 0.6) is 0 Å². The lowest BCUT2D eigenvalue weighted by atomic mass is 10.1. The van der Waals surface area contributed by atoms with Crippen molar-refractivity contribution < 1.29 is 4.79 Å². The molecule has 0 aromatic heterocycles. The third-order valence-corrected chi connectivity index (χ3v) is 2.16. The third-order valence-electron chi connectivity index (χ3n) is 2.16. The number of piperidine rings is 1. The van der Waals surface area contributed by atoms with Crippen LogP contribution in [0.25, 0.3) is 0 Å². The van der Waals surface area contributed by atoms with Gasteiger partial charge in [-0.2, -0.15) is 0 Å². The minimum atomic E-state index is 0.407. The number of amides is 1. The third kappa shape index (κ3) is 0.358. The van der Waals surface area contributed by atoms with Crippen LogP contribution in [0.4, 0.5) is 0 Å². The summed E-state index contributed by atoms with van der Waals surface area (Å²) in [6.45, 7) is 2.06. The summed E-state index contributed by atoms with van der Waals surface area (Å²) in [7, 11) is 0. The number of nitrogens with zero attached hydrogens (tertiary/aromatic N) is 1. The molecule has 44 valence electrons. The molecule has 0 unspecified atom stereocenters. The molecule has 0 spiro atoms. The summed E-state index contributed by atoms with van der Waals surface area (Å²) in [5.74, 6) is 0.833. The normalized spacial score (nSPS) is 28.0. The highest BCUT2D eigenvalue weighted by Crippen LogP contribution is 2.28. The number of rotatable bonds is 0. The van der Waals surface area contributed by atoms with Gasteiger partial charge in [0.2, 0.25) is 5.91 Å². The predicted octanol–water partition coefficient (Wildman–Crippen LogP) is 0.239. The quantitative estimate of drug-likeness (QED) is 0.438. The zero-order valence-electron chi connectivity index (χ0n) is 4.76. The Hall–Kier alpha value is -0.530. The molecule has 2 heteroatoms. The van der Waals surface area contributed by atoms with Gasteiger partial charge >= 0.3 is 0 Å². The summed E-state index contributed by atoms with van der Waals surface area (Å²) in [5, 5.41) is 0. The van der Waals surface area contributed by atoms with Gasteiger partial charge < -0.3 is 4.90 Å². The Kier molecular flexibility index (Phi) is 0.678.